The SMILES string of the molecule is O=C(c1ccc(OC(F)F)cc1)N1CCOCC1CCl. The van der Waals surface area contributed by atoms with E-state index in [4.69, 9.17) is 16.3 Å². The van der Waals surface area contributed by atoms with E-state index in [1.165, 1.54) is 24.3 Å². The van der Waals surface area contributed by atoms with E-state index in [1.54, 1.807) is 4.90 Å². The van der Waals surface area contributed by atoms with Gasteiger partial charge in [0.1, 0.15) is 5.75 Å². The zero-order chi connectivity index (χ0) is 14.5. The molecule has 0 N–H and O–H groups in total. The number of carbonyl (C=O) groups excluding carboxylic acids is 1. The number of benzene rings is 1. The quantitative estimate of drug-likeness (QED) is 0.802. The maximum absolute atomic E-state index is 12.3. The average Bonchev–Trinajstić information content (AvgIpc) is 2.46. The molecule has 1 aromatic carbocycles. The van der Waals surface area contributed by atoms with Gasteiger partial charge in [0, 0.05) is 18.0 Å². The highest BCUT2D eigenvalue weighted by Gasteiger charge is 2.27. The molecule has 1 aromatic rings. The van der Waals surface area contributed by atoms with E-state index in [0.717, 1.165) is 0 Å². The first-order valence-electron chi connectivity index (χ1n) is 6.11. The molecule has 20 heavy (non-hydrogen) atoms. The molecule has 1 aliphatic heterocycles. The van der Waals surface area contributed by atoms with Crippen molar-refractivity contribution >= 4 is 17.5 Å². The second-order valence-electron chi connectivity index (χ2n) is 4.28. The summed E-state index contributed by atoms with van der Waals surface area (Å²) < 4.78 is 33.6. The smallest absolute Gasteiger partial charge is 0.387 e. The van der Waals surface area contributed by atoms with Crippen LogP contribution in [0.5, 0.6) is 5.75 Å². The number of morpholine rings is 1. The molecule has 0 aromatic heterocycles. The highest BCUT2D eigenvalue weighted by Crippen LogP contribution is 2.18. The van der Waals surface area contributed by atoms with Crippen molar-refractivity contribution in [1.82, 2.24) is 4.90 Å². The lowest BCUT2D eigenvalue weighted by molar-refractivity contribution is -0.0498. The third-order valence-electron chi connectivity index (χ3n) is 2.99. The summed E-state index contributed by atoms with van der Waals surface area (Å²) in [7, 11) is 0. The molecule has 1 heterocycles. The van der Waals surface area contributed by atoms with Crippen molar-refractivity contribution in [3.63, 3.8) is 0 Å². The van der Waals surface area contributed by atoms with E-state index in [2.05, 4.69) is 4.74 Å². The lowest BCUT2D eigenvalue weighted by atomic mass is 10.1. The van der Waals surface area contributed by atoms with Crippen LogP contribution in [0.4, 0.5) is 8.78 Å². The largest absolute Gasteiger partial charge is 0.435 e. The van der Waals surface area contributed by atoms with Crippen LogP contribution in [0, 0.1) is 0 Å². The Morgan fingerprint density at radius 1 is 1.45 bits per heavy atom. The van der Waals surface area contributed by atoms with Crippen molar-refractivity contribution in [2.75, 3.05) is 25.6 Å². The fraction of sp³-hybridized carbons (Fsp3) is 0.462. The van der Waals surface area contributed by atoms with Crippen LogP contribution < -0.4 is 4.74 Å². The molecule has 1 atom stereocenters. The van der Waals surface area contributed by atoms with E-state index < -0.39 is 6.61 Å². The Morgan fingerprint density at radius 2 is 2.15 bits per heavy atom. The first kappa shape index (κ1) is 15.0. The molecule has 1 fully saturated rings. The number of carbonyl (C=O) groups is 1. The summed E-state index contributed by atoms with van der Waals surface area (Å²) >= 11 is 5.81. The van der Waals surface area contributed by atoms with Gasteiger partial charge in [-0.2, -0.15) is 8.78 Å². The Hall–Kier alpha value is -1.40. The predicted molar refractivity (Wildman–Crippen MR) is 69.4 cm³/mol. The molecule has 0 spiro atoms. The van der Waals surface area contributed by atoms with Gasteiger partial charge in [-0.25, -0.2) is 0 Å². The molecular weight excluding hydrogens is 292 g/mol. The number of halogens is 3. The van der Waals surface area contributed by atoms with E-state index in [1.807, 2.05) is 0 Å². The van der Waals surface area contributed by atoms with E-state index in [9.17, 15) is 13.6 Å². The minimum absolute atomic E-state index is 0.0208. The Kier molecular flexibility index (Phi) is 5.14. The van der Waals surface area contributed by atoms with Gasteiger partial charge in [0.15, 0.2) is 0 Å². The maximum Gasteiger partial charge on any atom is 0.387 e. The normalized spacial score (nSPS) is 19.2. The maximum atomic E-state index is 12.3. The van der Waals surface area contributed by atoms with Crippen LogP contribution in [0.15, 0.2) is 24.3 Å². The fourth-order valence-electron chi connectivity index (χ4n) is 1.99. The molecule has 1 unspecified atom stereocenters. The van der Waals surface area contributed by atoms with Crippen LogP contribution in [0.25, 0.3) is 0 Å². The van der Waals surface area contributed by atoms with Gasteiger partial charge >= 0.3 is 6.61 Å². The topological polar surface area (TPSA) is 38.8 Å². The lowest BCUT2D eigenvalue weighted by Crippen LogP contribution is -2.49. The molecule has 110 valence electrons. The monoisotopic (exact) mass is 305 g/mol. The number of nitrogens with zero attached hydrogens (tertiary/aromatic N) is 1. The Balaban J connectivity index is 2.08. The minimum atomic E-state index is -2.88. The van der Waals surface area contributed by atoms with Gasteiger partial charge in [-0.05, 0) is 24.3 Å². The molecule has 1 saturated heterocycles. The molecule has 4 nitrogen and oxygen atoms in total. The molecule has 0 radical (unpaired) electrons. The highest BCUT2D eigenvalue weighted by molar-refractivity contribution is 6.18. The molecule has 1 amide bonds. The van der Waals surface area contributed by atoms with Gasteiger partial charge in [0.05, 0.1) is 19.3 Å². The Bertz CT molecular complexity index is 455. The van der Waals surface area contributed by atoms with Crippen molar-refractivity contribution < 1.29 is 23.0 Å². The first-order valence-corrected chi connectivity index (χ1v) is 6.65. The fourth-order valence-corrected chi connectivity index (χ4v) is 2.25. The second-order valence-corrected chi connectivity index (χ2v) is 4.59. The summed E-state index contributed by atoms with van der Waals surface area (Å²) in [6.45, 7) is -1.55. The highest BCUT2D eigenvalue weighted by atomic mass is 35.5. The number of hydrogen-bond donors (Lipinski definition) is 0. The van der Waals surface area contributed by atoms with Crippen LogP contribution in [-0.2, 0) is 4.74 Å². The zero-order valence-electron chi connectivity index (χ0n) is 10.6. The molecule has 2 rings (SSSR count). The summed E-state index contributed by atoms with van der Waals surface area (Å²) in [6.07, 6.45) is 0. The number of rotatable bonds is 4. The number of ether oxygens (including phenoxy) is 2. The van der Waals surface area contributed by atoms with Crippen LogP contribution >= 0.6 is 11.6 Å². The lowest BCUT2D eigenvalue weighted by Gasteiger charge is -2.34. The van der Waals surface area contributed by atoms with Gasteiger partial charge in [0.2, 0.25) is 0 Å². The number of alkyl halides is 3. The van der Waals surface area contributed by atoms with E-state index in [-0.39, 0.29) is 23.6 Å². The van der Waals surface area contributed by atoms with E-state index >= 15 is 0 Å². The summed E-state index contributed by atoms with van der Waals surface area (Å²) in [5.41, 5.74) is 0.406. The Morgan fingerprint density at radius 3 is 2.75 bits per heavy atom. The van der Waals surface area contributed by atoms with Crippen molar-refractivity contribution in [2.45, 2.75) is 12.7 Å². The zero-order valence-corrected chi connectivity index (χ0v) is 11.4. The first-order chi connectivity index (χ1) is 9.61. The summed E-state index contributed by atoms with van der Waals surface area (Å²) in [6, 6.07) is 5.43. The van der Waals surface area contributed by atoms with Crippen LogP contribution in [0.1, 0.15) is 10.4 Å². The number of amides is 1. The third kappa shape index (κ3) is 3.58. The summed E-state index contributed by atoms with van der Waals surface area (Å²) in [4.78, 5) is 14.0. The minimum Gasteiger partial charge on any atom is -0.435 e. The van der Waals surface area contributed by atoms with Gasteiger partial charge in [-0.1, -0.05) is 0 Å². The molecule has 0 saturated carbocycles. The molecule has 7 heteroatoms. The molecule has 1 aliphatic rings. The van der Waals surface area contributed by atoms with Crippen molar-refractivity contribution in [3.8, 4) is 5.75 Å². The third-order valence-corrected chi connectivity index (χ3v) is 3.35. The van der Waals surface area contributed by atoms with Crippen LogP contribution in [0.3, 0.4) is 0 Å². The molecule has 0 aliphatic carbocycles. The molecule has 0 bridgehead atoms. The average molecular weight is 306 g/mol. The summed E-state index contributed by atoms with van der Waals surface area (Å²) in [5, 5.41) is 0. The van der Waals surface area contributed by atoms with Crippen molar-refractivity contribution in [2.24, 2.45) is 0 Å². The van der Waals surface area contributed by atoms with Gasteiger partial charge < -0.3 is 14.4 Å². The van der Waals surface area contributed by atoms with E-state index in [0.29, 0.717) is 25.3 Å². The standard InChI is InChI=1S/C13H14ClF2NO3/c14-7-10-8-19-6-5-17(10)12(18)9-1-3-11(4-2-9)20-13(15)16/h1-4,10,13H,5-8H2. The number of hydrogen-bond acceptors (Lipinski definition) is 3. The van der Waals surface area contributed by atoms with Gasteiger partial charge in [-0.3, -0.25) is 4.79 Å². The van der Waals surface area contributed by atoms with Gasteiger partial charge in [-0.15, -0.1) is 11.6 Å². The van der Waals surface area contributed by atoms with Crippen molar-refractivity contribution in [3.05, 3.63) is 29.8 Å². The van der Waals surface area contributed by atoms with Crippen LogP contribution in [-0.4, -0.2) is 49.1 Å². The summed E-state index contributed by atoms with van der Waals surface area (Å²) in [5.74, 6) is 0.119. The van der Waals surface area contributed by atoms with Crippen molar-refractivity contribution in [1.29, 1.82) is 0 Å². The predicted octanol–water partition coefficient (Wildman–Crippen LogP) is 2.37. The van der Waals surface area contributed by atoms with Crippen LogP contribution in [0.2, 0.25) is 0 Å². The van der Waals surface area contributed by atoms with Gasteiger partial charge in [0.25, 0.3) is 5.91 Å². The second kappa shape index (κ2) is 6.85. The molecular formula is C13H14ClF2NO3. The Labute approximate surface area is 120 Å².